The first-order chi connectivity index (χ1) is 14.1. The van der Waals surface area contributed by atoms with Crippen LogP contribution in [0.15, 0.2) is 45.7 Å². The van der Waals surface area contributed by atoms with E-state index in [4.69, 9.17) is 4.52 Å². The summed E-state index contributed by atoms with van der Waals surface area (Å²) in [7, 11) is 0. The zero-order valence-corrected chi connectivity index (χ0v) is 16.6. The monoisotopic (exact) mass is 399 g/mol. The van der Waals surface area contributed by atoms with Gasteiger partial charge in [0.05, 0.1) is 0 Å². The maximum atomic E-state index is 12.2. The molecule has 1 fully saturated rings. The third-order valence-corrected chi connectivity index (χ3v) is 5.30. The molecule has 0 saturated heterocycles. The summed E-state index contributed by atoms with van der Waals surface area (Å²) in [6, 6.07) is 11.9. The third-order valence-electron chi connectivity index (χ3n) is 5.30. The number of hydrogen-bond donors (Lipinski definition) is 3. The van der Waals surface area contributed by atoms with Crippen molar-refractivity contribution in [2.45, 2.75) is 69.9 Å². The van der Waals surface area contributed by atoms with Crippen molar-refractivity contribution in [2.24, 2.45) is 0 Å². The highest BCUT2D eigenvalue weighted by atomic mass is 16.5. The van der Waals surface area contributed by atoms with Crippen molar-refractivity contribution in [1.29, 1.82) is 0 Å². The number of aryl methyl sites for hydroxylation is 2. The van der Waals surface area contributed by atoms with Crippen LogP contribution in [0.5, 0.6) is 0 Å². The maximum absolute atomic E-state index is 12.2. The fourth-order valence-corrected chi connectivity index (χ4v) is 3.78. The van der Waals surface area contributed by atoms with E-state index in [2.05, 4.69) is 27.9 Å². The van der Waals surface area contributed by atoms with Crippen LogP contribution in [0.2, 0.25) is 0 Å². The Bertz CT molecular complexity index is 843. The minimum atomic E-state index is -0.296. The molecule has 1 aromatic carbocycles. The summed E-state index contributed by atoms with van der Waals surface area (Å²) in [6.07, 6.45) is 6.60. The van der Waals surface area contributed by atoms with Crippen molar-refractivity contribution in [3.05, 3.63) is 58.1 Å². The molecule has 0 aliphatic heterocycles. The lowest BCUT2D eigenvalue weighted by atomic mass is 10.1. The van der Waals surface area contributed by atoms with E-state index in [0.717, 1.165) is 38.5 Å². The summed E-state index contributed by atoms with van der Waals surface area (Å²) < 4.78 is 4.95. The van der Waals surface area contributed by atoms with Crippen LogP contribution in [-0.2, 0) is 22.4 Å². The average Bonchev–Trinajstić information content (AvgIpc) is 3.33. The van der Waals surface area contributed by atoms with Crippen LogP contribution >= 0.6 is 0 Å². The van der Waals surface area contributed by atoms with Crippen LogP contribution in [0, 0.1) is 0 Å². The summed E-state index contributed by atoms with van der Waals surface area (Å²) in [5.41, 5.74) is 1.01. The van der Waals surface area contributed by atoms with Crippen LogP contribution in [0.25, 0.3) is 0 Å². The lowest BCUT2D eigenvalue weighted by Crippen LogP contribution is -2.37. The molecule has 1 aliphatic rings. The van der Waals surface area contributed by atoms with Crippen LogP contribution < -0.4 is 16.2 Å². The van der Waals surface area contributed by atoms with Gasteiger partial charge in [0.2, 0.25) is 11.8 Å². The number of rotatable bonds is 10. The molecule has 1 saturated carbocycles. The highest BCUT2D eigenvalue weighted by Gasteiger charge is 2.26. The maximum Gasteiger partial charge on any atom is 0.280 e. The summed E-state index contributed by atoms with van der Waals surface area (Å²) in [5.74, 6) is 0.512. The van der Waals surface area contributed by atoms with E-state index in [9.17, 15) is 14.4 Å². The standard InChI is InChI=1S/C22H29N3O4/c26-20(9-5-4-8-16-6-2-1-3-7-16)23-17-10-11-18(14-17)24-21(27)13-12-19-15-22(28)25-29-19/h1-3,6-7,15,17-18H,4-5,8-14H2,(H,23,26)(H,24,27)(H,25,28)/t17-,18+/m1/s1. The number of carbonyl (C=O) groups excluding carboxylic acids is 2. The Morgan fingerprint density at radius 1 is 0.966 bits per heavy atom. The Labute approximate surface area is 170 Å². The topological polar surface area (TPSA) is 104 Å². The number of unbranched alkanes of at least 4 members (excludes halogenated alkanes) is 1. The third kappa shape index (κ3) is 7.25. The Kier molecular flexibility index (Phi) is 7.67. The second-order valence-corrected chi connectivity index (χ2v) is 7.71. The number of amides is 2. The molecule has 0 unspecified atom stereocenters. The molecule has 2 amide bonds. The molecule has 0 spiro atoms. The zero-order valence-electron chi connectivity index (χ0n) is 16.6. The Hall–Kier alpha value is -2.83. The predicted molar refractivity (Wildman–Crippen MR) is 109 cm³/mol. The van der Waals surface area contributed by atoms with Crippen molar-refractivity contribution >= 4 is 11.8 Å². The molecule has 0 bridgehead atoms. The van der Waals surface area contributed by atoms with Crippen molar-refractivity contribution < 1.29 is 14.1 Å². The Morgan fingerprint density at radius 2 is 1.66 bits per heavy atom. The highest BCUT2D eigenvalue weighted by molar-refractivity contribution is 5.77. The van der Waals surface area contributed by atoms with Crippen LogP contribution in [0.1, 0.15) is 56.3 Å². The molecule has 29 heavy (non-hydrogen) atoms. The first-order valence-electron chi connectivity index (χ1n) is 10.4. The van der Waals surface area contributed by atoms with Gasteiger partial charge in [0.1, 0.15) is 5.76 Å². The van der Waals surface area contributed by atoms with Gasteiger partial charge in [-0.2, -0.15) is 5.16 Å². The normalized spacial score (nSPS) is 18.5. The minimum Gasteiger partial charge on any atom is -0.384 e. The molecule has 0 radical (unpaired) electrons. The van der Waals surface area contributed by atoms with Crippen LogP contribution in [0.4, 0.5) is 0 Å². The Morgan fingerprint density at radius 3 is 2.31 bits per heavy atom. The fraction of sp³-hybridized carbons (Fsp3) is 0.500. The molecule has 3 rings (SSSR count). The summed E-state index contributed by atoms with van der Waals surface area (Å²) in [5, 5.41) is 8.32. The van der Waals surface area contributed by atoms with Crippen molar-refractivity contribution in [1.82, 2.24) is 15.8 Å². The second kappa shape index (κ2) is 10.6. The van der Waals surface area contributed by atoms with Gasteiger partial charge in [0.15, 0.2) is 0 Å². The largest absolute Gasteiger partial charge is 0.384 e. The minimum absolute atomic E-state index is 0.0632. The quantitative estimate of drug-likeness (QED) is 0.534. The van der Waals surface area contributed by atoms with E-state index in [-0.39, 0.29) is 35.9 Å². The molecule has 156 valence electrons. The lowest BCUT2D eigenvalue weighted by molar-refractivity contribution is -0.122. The number of hydrogen-bond acceptors (Lipinski definition) is 4. The van der Waals surface area contributed by atoms with Gasteiger partial charge in [-0.3, -0.25) is 14.4 Å². The van der Waals surface area contributed by atoms with Crippen molar-refractivity contribution in [2.75, 3.05) is 0 Å². The molecule has 1 aliphatic carbocycles. The van der Waals surface area contributed by atoms with E-state index >= 15 is 0 Å². The van der Waals surface area contributed by atoms with Gasteiger partial charge in [-0.05, 0) is 44.1 Å². The van der Waals surface area contributed by atoms with Gasteiger partial charge in [-0.15, -0.1) is 0 Å². The van der Waals surface area contributed by atoms with Crippen molar-refractivity contribution in [3.63, 3.8) is 0 Å². The Balaban J connectivity index is 1.27. The number of nitrogens with one attached hydrogen (secondary N) is 3. The SMILES string of the molecule is O=C(CCCCc1ccccc1)N[C@@H]1CC[C@H](NC(=O)CCc2cc(=O)[nH]o2)C1. The predicted octanol–water partition coefficient (Wildman–Crippen LogP) is 2.47. The number of aromatic nitrogens is 1. The van der Waals surface area contributed by atoms with Gasteiger partial charge in [-0.1, -0.05) is 30.3 Å². The first-order valence-corrected chi connectivity index (χ1v) is 10.4. The smallest absolute Gasteiger partial charge is 0.280 e. The van der Waals surface area contributed by atoms with Gasteiger partial charge >= 0.3 is 0 Å². The molecule has 1 heterocycles. The van der Waals surface area contributed by atoms with Gasteiger partial charge in [0.25, 0.3) is 5.56 Å². The van der Waals surface area contributed by atoms with E-state index in [1.165, 1.54) is 11.6 Å². The molecule has 2 atom stereocenters. The highest BCUT2D eigenvalue weighted by Crippen LogP contribution is 2.20. The number of H-pyrrole nitrogens is 1. The molecule has 7 nitrogen and oxygen atoms in total. The van der Waals surface area contributed by atoms with Crippen molar-refractivity contribution in [3.8, 4) is 0 Å². The van der Waals surface area contributed by atoms with E-state index in [1.807, 2.05) is 18.2 Å². The van der Waals surface area contributed by atoms with E-state index in [1.54, 1.807) is 0 Å². The van der Waals surface area contributed by atoms with Gasteiger partial charge in [-0.25, -0.2) is 0 Å². The molecule has 1 aromatic heterocycles. The number of aromatic amines is 1. The molecule has 3 N–H and O–H groups in total. The summed E-state index contributed by atoms with van der Waals surface area (Å²) >= 11 is 0. The summed E-state index contributed by atoms with van der Waals surface area (Å²) in [4.78, 5) is 35.2. The lowest BCUT2D eigenvalue weighted by Gasteiger charge is -2.14. The van der Waals surface area contributed by atoms with Gasteiger partial charge in [0, 0.05) is 37.4 Å². The molecule has 7 heteroatoms. The van der Waals surface area contributed by atoms with E-state index in [0.29, 0.717) is 18.6 Å². The van der Waals surface area contributed by atoms with E-state index < -0.39 is 0 Å². The number of carbonyl (C=O) groups is 2. The molecular weight excluding hydrogens is 370 g/mol. The van der Waals surface area contributed by atoms with Crippen LogP contribution in [-0.4, -0.2) is 29.1 Å². The zero-order chi connectivity index (χ0) is 20.5. The number of benzene rings is 1. The molecular formula is C22H29N3O4. The van der Waals surface area contributed by atoms with Gasteiger partial charge < -0.3 is 15.2 Å². The summed E-state index contributed by atoms with van der Waals surface area (Å²) in [6.45, 7) is 0. The average molecular weight is 399 g/mol. The molecule has 2 aromatic rings. The fourth-order valence-electron chi connectivity index (χ4n) is 3.78. The first kappa shape index (κ1) is 20.9. The second-order valence-electron chi connectivity index (χ2n) is 7.71. The van der Waals surface area contributed by atoms with Crippen LogP contribution in [0.3, 0.4) is 0 Å².